The molecule has 0 atom stereocenters. The van der Waals surface area contributed by atoms with Crippen LogP contribution in [-0.4, -0.2) is 18.3 Å². The van der Waals surface area contributed by atoms with Gasteiger partial charge in [-0.3, -0.25) is 0 Å². The quantitative estimate of drug-likeness (QED) is 0.659. The molecule has 0 aromatic heterocycles. The lowest BCUT2D eigenvalue weighted by Crippen LogP contribution is -2.04. The average molecular weight is 291 g/mol. The molecular formula is C10H14INO. The van der Waals surface area contributed by atoms with E-state index >= 15 is 0 Å². The number of halogens is 1. The van der Waals surface area contributed by atoms with Crippen LogP contribution < -0.4 is 5.32 Å². The van der Waals surface area contributed by atoms with Gasteiger partial charge in [0.15, 0.2) is 0 Å². The summed E-state index contributed by atoms with van der Waals surface area (Å²) in [5, 5.41) is 11.9. The van der Waals surface area contributed by atoms with E-state index in [2.05, 4.69) is 53.0 Å². The fourth-order valence-corrected chi connectivity index (χ4v) is 1.58. The van der Waals surface area contributed by atoms with E-state index in [0.29, 0.717) is 0 Å². The van der Waals surface area contributed by atoms with Crippen LogP contribution in [0.2, 0.25) is 0 Å². The maximum absolute atomic E-state index is 8.63. The summed E-state index contributed by atoms with van der Waals surface area (Å²) in [4.78, 5) is 0. The molecule has 0 spiro atoms. The highest BCUT2D eigenvalue weighted by Crippen LogP contribution is 2.17. The van der Waals surface area contributed by atoms with Gasteiger partial charge in [-0.25, -0.2) is 0 Å². The number of anilines is 1. The van der Waals surface area contributed by atoms with Gasteiger partial charge in [0.1, 0.15) is 0 Å². The summed E-state index contributed by atoms with van der Waals surface area (Å²) in [6.45, 7) is 3.16. The van der Waals surface area contributed by atoms with E-state index in [1.54, 1.807) is 0 Å². The van der Waals surface area contributed by atoms with Crippen molar-refractivity contribution in [1.29, 1.82) is 0 Å². The maximum atomic E-state index is 8.63. The molecule has 0 radical (unpaired) electrons. The molecule has 0 unspecified atom stereocenters. The number of aryl methyl sites for hydroxylation is 1. The highest BCUT2D eigenvalue weighted by molar-refractivity contribution is 14.1. The molecule has 2 N–H and O–H groups in total. The topological polar surface area (TPSA) is 32.3 Å². The van der Waals surface area contributed by atoms with Crippen LogP contribution in [0.15, 0.2) is 18.2 Å². The first-order valence-electron chi connectivity index (χ1n) is 4.35. The number of aliphatic hydroxyl groups is 1. The van der Waals surface area contributed by atoms with Crippen LogP contribution in [0.3, 0.4) is 0 Å². The molecule has 0 fully saturated rings. The van der Waals surface area contributed by atoms with Gasteiger partial charge in [-0.1, -0.05) is 6.07 Å². The Balaban J connectivity index is 2.59. The summed E-state index contributed by atoms with van der Waals surface area (Å²) in [5.74, 6) is 0. The minimum atomic E-state index is 0.246. The zero-order valence-electron chi connectivity index (χ0n) is 7.68. The predicted octanol–water partition coefficient (Wildman–Crippen LogP) is 2.39. The standard InChI is InChI=1S/C10H14INO/c1-8-3-4-9(11)7-10(8)12-5-2-6-13/h3-4,7,12-13H,2,5-6H2,1H3. The van der Waals surface area contributed by atoms with Crippen LogP contribution in [0.1, 0.15) is 12.0 Å². The fraction of sp³-hybridized carbons (Fsp3) is 0.400. The van der Waals surface area contributed by atoms with Crippen LogP contribution in [0.25, 0.3) is 0 Å². The van der Waals surface area contributed by atoms with Crippen molar-refractivity contribution in [3.8, 4) is 0 Å². The molecule has 1 aromatic rings. The molecule has 0 saturated carbocycles. The van der Waals surface area contributed by atoms with Gasteiger partial charge in [-0.15, -0.1) is 0 Å². The Morgan fingerprint density at radius 1 is 1.46 bits per heavy atom. The van der Waals surface area contributed by atoms with E-state index in [-0.39, 0.29) is 6.61 Å². The van der Waals surface area contributed by atoms with E-state index < -0.39 is 0 Å². The van der Waals surface area contributed by atoms with Crippen LogP contribution in [-0.2, 0) is 0 Å². The molecular weight excluding hydrogens is 277 g/mol. The smallest absolute Gasteiger partial charge is 0.0447 e. The lowest BCUT2D eigenvalue weighted by Gasteiger charge is -2.08. The second kappa shape index (κ2) is 5.44. The molecule has 1 rings (SSSR count). The zero-order chi connectivity index (χ0) is 9.68. The van der Waals surface area contributed by atoms with Crippen LogP contribution >= 0.6 is 22.6 Å². The first kappa shape index (κ1) is 10.8. The summed E-state index contributed by atoms with van der Waals surface area (Å²) in [7, 11) is 0. The second-order valence-corrected chi connectivity index (χ2v) is 4.21. The third-order valence-electron chi connectivity index (χ3n) is 1.85. The van der Waals surface area contributed by atoms with Crippen molar-refractivity contribution in [2.24, 2.45) is 0 Å². The van der Waals surface area contributed by atoms with E-state index in [1.807, 2.05) is 0 Å². The van der Waals surface area contributed by atoms with E-state index in [0.717, 1.165) is 13.0 Å². The summed E-state index contributed by atoms with van der Waals surface area (Å²) in [6, 6.07) is 6.31. The van der Waals surface area contributed by atoms with Crippen molar-refractivity contribution in [3.63, 3.8) is 0 Å². The van der Waals surface area contributed by atoms with Gasteiger partial charge in [-0.2, -0.15) is 0 Å². The first-order valence-corrected chi connectivity index (χ1v) is 5.43. The SMILES string of the molecule is Cc1ccc(I)cc1NCCCO. The Hall–Kier alpha value is -0.290. The fourth-order valence-electron chi connectivity index (χ4n) is 1.09. The van der Waals surface area contributed by atoms with Crippen molar-refractivity contribution in [2.45, 2.75) is 13.3 Å². The molecule has 2 nitrogen and oxygen atoms in total. The average Bonchev–Trinajstić information content (AvgIpc) is 2.11. The number of benzene rings is 1. The van der Waals surface area contributed by atoms with Crippen molar-refractivity contribution >= 4 is 28.3 Å². The first-order chi connectivity index (χ1) is 6.24. The minimum Gasteiger partial charge on any atom is -0.396 e. The summed E-state index contributed by atoms with van der Waals surface area (Å²) in [6.07, 6.45) is 0.797. The van der Waals surface area contributed by atoms with Crippen molar-refractivity contribution in [3.05, 3.63) is 27.3 Å². The molecule has 0 aliphatic heterocycles. The van der Waals surface area contributed by atoms with Gasteiger partial charge in [0.2, 0.25) is 0 Å². The number of nitrogens with one attached hydrogen (secondary N) is 1. The summed E-state index contributed by atoms with van der Waals surface area (Å²) < 4.78 is 1.23. The molecule has 0 aliphatic carbocycles. The predicted molar refractivity (Wildman–Crippen MR) is 64.1 cm³/mol. The molecule has 72 valence electrons. The van der Waals surface area contributed by atoms with Gasteiger partial charge in [0, 0.05) is 22.4 Å². The lowest BCUT2D eigenvalue weighted by molar-refractivity contribution is 0.292. The van der Waals surface area contributed by atoms with Gasteiger partial charge >= 0.3 is 0 Å². The number of aliphatic hydroxyl groups excluding tert-OH is 1. The monoisotopic (exact) mass is 291 g/mol. The number of hydrogen-bond acceptors (Lipinski definition) is 2. The Labute approximate surface area is 92.5 Å². The normalized spacial score (nSPS) is 10.1. The summed E-state index contributed by atoms with van der Waals surface area (Å²) in [5.41, 5.74) is 2.42. The molecule has 0 bridgehead atoms. The van der Waals surface area contributed by atoms with Gasteiger partial charge in [0.25, 0.3) is 0 Å². The largest absolute Gasteiger partial charge is 0.396 e. The van der Waals surface area contributed by atoms with Crippen LogP contribution in [0.5, 0.6) is 0 Å². The van der Waals surface area contributed by atoms with Crippen LogP contribution in [0, 0.1) is 10.5 Å². The van der Waals surface area contributed by atoms with Crippen LogP contribution in [0.4, 0.5) is 5.69 Å². The van der Waals surface area contributed by atoms with Crippen molar-refractivity contribution in [2.75, 3.05) is 18.5 Å². The van der Waals surface area contributed by atoms with E-state index in [4.69, 9.17) is 5.11 Å². The third-order valence-corrected chi connectivity index (χ3v) is 2.52. The molecule has 0 heterocycles. The maximum Gasteiger partial charge on any atom is 0.0447 e. The lowest BCUT2D eigenvalue weighted by atomic mass is 10.2. The van der Waals surface area contributed by atoms with Crippen molar-refractivity contribution < 1.29 is 5.11 Å². The molecule has 3 heteroatoms. The number of hydrogen-bond donors (Lipinski definition) is 2. The number of rotatable bonds is 4. The Kier molecular flexibility index (Phi) is 4.52. The third kappa shape index (κ3) is 3.52. The Morgan fingerprint density at radius 2 is 2.23 bits per heavy atom. The molecule has 13 heavy (non-hydrogen) atoms. The highest BCUT2D eigenvalue weighted by Gasteiger charge is 1.97. The summed E-state index contributed by atoms with van der Waals surface area (Å²) >= 11 is 2.29. The Bertz CT molecular complexity index is 276. The van der Waals surface area contributed by atoms with Gasteiger partial charge in [0.05, 0.1) is 0 Å². The Morgan fingerprint density at radius 3 is 2.92 bits per heavy atom. The molecule has 1 aromatic carbocycles. The minimum absolute atomic E-state index is 0.246. The van der Waals surface area contributed by atoms with Gasteiger partial charge in [-0.05, 0) is 53.6 Å². The zero-order valence-corrected chi connectivity index (χ0v) is 9.84. The highest BCUT2D eigenvalue weighted by atomic mass is 127. The molecule has 0 amide bonds. The second-order valence-electron chi connectivity index (χ2n) is 2.96. The van der Waals surface area contributed by atoms with Gasteiger partial charge < -0.3 is 10.4 Å². The van der Waals surface area contributed by atoms with Crippen molar-refractivity contribution in [1.82, 2.24) is 0 Å². The molecule has 0 aliphatic rings. The molecule has 0 saturated heterocycles. The van der Waals surface area contributed by atoms with E-state index in [1.165, 1.54) is 14.8 Å². The van der Waals surface area contributed by atoms with E-state index in [9.17, 15) is 0 Å².